The lowest BCUT2D eigenvalue weighted by molar-refractivity contribution is -0.116. The number of methoxy groups -OCH3 is 1. The molecule has 0 radical (unpaired) electrons. The fourth-order valence-electron chi connectivity index (χ4n) is 2.98. The van der Waals surface area contributed by atoms with E-state index in [0.29, 0.717) is 19.5 Å². The first-order chi connectivity index (χ1) is 13.0. The molecule has 0 spiro atoms. The van der Waals surface area contributed by atoms with Crippen molar-refractivity contribution in [3.8, 4) is 5.75 Å². The minimum Gasteiger partial charge on any atom is -0.497 e. The molecule has 0 saturated heterocycles. The van der Waals surface area contributed by atoms with Gasteiger partial charge in [-0.1, -0.05) is 12.1 Å². The molecule has 0 bridgehead atoms. The number of benzene rings is 1. The summed E-state index contributed by atoms with van der Waals surface area (Å²) in [7, 11) is 1.65. The van der Waals surface area contributed by atoms with E-state index in [2.05, 4.69) is 15.5 Å². The van der Waals surface area contributed by atoms with E-state index < -0.39 is 0 Å². The number of carbonyl (C=O) groups excluding carboxylic acids is 1. The number of amides is 1. The van der Waals surface area contributed by atoms with E-state index in [1.54, 1.807) is 11.8 Å². The highest BCUT2D eigenvalue weighted by molar-refractivity contribution is 5.91. The Bertz CT molecular complexity index is 942. The fraction of sp³-hybridized carbons (Fsp3) is 0.350. The summed E-state index contributed by atoms with van der Waals surface area (Å²) < 4.78 is 8.95. The van der Waals surface area contributed by atoms with E-state index in [4.69, 9.17) is 4.74 Å². The van der Waals surface area contributed by atoms with Crippen molar-refractivity contribution in [3.63, 3.8) is 0 Å². The number of ether oxygens (including phenoxy) is 1. The average Bonchev–Trinajstić information content (AvgIpc) is 3.18. The fourth-order valence-corrected chi connectivity index (χ4v) is 2.98. The van der Waals surface area contributed by atoms with Gasteiger partial charge in [-0.2, -0.15) is 10.2 Å². The van der Waals surface area contributed by atoms with E-state index in [9.17, 15) is 4.79 Å². The highest BCUT2D eigenvalue weighted by Crippen LogP contribution is 2.21. The van der Waals surface area contributed by atoms with Crippen LogP contribution in [0, 0.1) is 20.8 Å². The smallest absolute Gasteiger partial charge is 0.226 e. The highest BCUT2D eigenvalue weighted by atomic mass is 16.5. The van der Waals surface area contributed by atoms with Crippen LogP contribution in [0.2, 0.25) is 0 Å². The summed E-state index contributed by atoms with van der Waals surface area (Å²) >= 11 is 0. The van der Waals surface area contributed by atoms with Gasteiger partial charge < -0.3 is 10.1 Å². The molecule has 7 heteroatoms. The Kier molecular flexibility index (Phi) is 5.59. The third-order valence-corrected chi connectivity index (χ3v) is 4.45. The Balaban J connectivity index is 1.66. The zero-order valence-corrected chi connectivity index (χ0v) is 16.2. The van der Waals surface area contributed by atoms with Crippen molar-refractivity contribution < 1.29 is 9.53 Å². The van der Waals surface area contributed by atoms with E-state index in [0.717, 1.165) is 34.1 Å². The van der Waals surface area contributed by atoms with E-state index in [1.165, 1.54) is 0 Å². The van der Waals surface area contributed by atoms with Gasteiger partial charge in [0.15, 0.2) is 0 Å². The summed E-state index contributed by atoms with van der Waals surface area (Å²) in [6.07, 6.45) is 2.24. The van der Waals surface area contributed by atoms with Crippen molar-refractivity contribution in [2.24, 2.45) is 0 Å². The molecule has 0 saturated carbocycles. The predicted molar refractivity (Wildman–Crippen MR) is 104 cm³/mol. The maximum atomic E-state index is 12.3. The van der Waals surface area contributed by atoms with Crippen LogP contribution in [0.3, 0.4) is 0 Å². The Hall–Kier alpha value is -3.09. The third-order valence-electron chi connectivity index (χ3n) is 4.45. The molecular formula is C20H25N5O2. The Morgan fingerprint density at radius 2 is 2.00 bits per heavy atom. The number of nitrogens with zero attached hydrogens (tertiary/aromatic N) is 4. The number of aryl methyl sites for hydroxylation is 3. The number of rotatable bonds is 7. The van der Waals surface area contributed by atoms with Gasteiger partial charge in [0, 0.05) is 19.2 Å². The van der Waals surface area contributed by atoms with Crippen LogP contribution in [-0.2, 0) is 17.9 Å². The van der Waals surface area contributed by atoms with Gasteiger partial charge in [-0.25, -0.2) is 0 Å². The quantitative estimate of drug-likeness (QED) is 0.696. The average molecular weight is 367 g/mol. The minimum absolute atomic E-state index is 0.0460. The maximum Gasteiger partial charge on any atom is 0.226 e. The lowest BCUT2D eigenvalue weighted by atomic mass is 10.2. The molecule has 0 fully saturated rings. The molecule has 0 aliphatic carbocycles. The zero-order valence-electron chi connectivity index (χ0n) is 16.2. The Morgan fingerprint density at radius 1 is 1.19 bits per heavy atom. The molecule has 0 atom stereocenters. The number of nitrogens with one attached hydrogen (secondary N) is 1. The highest BCUT2D eigenvalue weighted by Gasteiger charge is 2.14. The van der Waals surface area contributed by atoms with E-state index in [1.807, 2.05) is 62.0 Å². The van der Waals surface area contributed by atoms with Gasteiger partial charge in [0.25, 0.3) is 0 Å². The van der Waals surface area contributed by atoms with Crippen LogP contribution in [-0.4, -0.2) is 32.6 Å². The van der Waals surface area contributed by atoms with Crippen LogP contribution in [0.1, 0.15) is 29.1 Å². The largest absolute Gasteiger partial charge is 0.497 e. The number of hydrogen-bond acceptors (Lipinski definition) is 4. The second-order valence-corrected chi connectivity index (χ2v) is 6.57. The molecule has 2 heterocycles. The van der Waals surface area contributed by atoms with Crippen molar-refractivity contribution in [3.05, 3.63) is 59.2 Å². The van der Waals surface area contributed by atoms with Crippen molar-refractivity contribution >= 4 is 11.6 Å². The summed E-state index contributed by atoms with van der Waals surface area (Å²) in [4.78, 5) is 12.3. The first-order valence-electron chi connectivity index (χ1n) is 8.93. The van der Waals surface area contributed by atoms with E-state index in [-0.39, 0.29) is 5.91 Å². The third kappa shape index (κ3) is 4.55. The molecule has 0 aliphatic rings. The summed E-state index contributed by atoms with van der Waals surface area (Å²) in [5, 5.41) is 11.9. The van der Waals surface area contributed by atoms with Crippen LogP contribution in [0.25, 0.3) is 0 Å². The van der Waals surface area contributed by atoms with Gasteiger partial charge in [0.2, 0.25) is 5.91 Å². The second kappa shape index (κ2) is 8.07. The van der Waals surface area contributed by atoms with Gasteiger partial charge in [-0.15, -0.1) is 0 Å². The molecule has 1 N–H and O–H groups in total. The second-order valence-electron chi connectivity index (χ2n) is 6.57. The molecule has 2 aromatic heterocycles. The maximum absolute atomic E-state index is 12.3. The van der Waals surface area contributed by atoms with Crippen LogP contribution >= 0.6 is 0 Å². The molecule has 3 rings (SSSR count). The SMILES string of the molecule is COc1cccc(Cn2nc(C)c(NC(=O)CCn3ccc(C)n3)c2C)c1. The molecular weight excluding hydrogens is 342 g/mol. The van der Waals surface area contributed by atoms with Crippen molar-refractivity contribution in [2.75, 3.05) is 12.4 Å². The van der Waals surface area contributed by atoms with Crippen molar-refractivity contribution in [1.82, 2.24) is 19.6 Å². The normalized spacial score (nSPS) is 10.8. The molecule has 1 aromatic carbocycles. The molecule has 0 aliphatic heterocycles. The van der Waals surface area contributed by atoms with Crippen molar-refractivity contribution in [2.45, 2.75) is 40.3 Å². The zero-order chi connectivity index (χ0) is 19.4. The van der Waals surface area contributed by atoms with Gasteiger partial charge in [0.1, 0.15) is 5.75 Å². The Morgan fingerprint density at radius 3 is 2.70 bits per heavy atom. The van der Waals surface area contributed by atoms with Crippen LogP contribution < -0.4 is 10.1 Å². The summed E-state index contributed by atoms with van der Waals surface area (Å²) in [6, 6.07) is 9.82. The number of anilines is 1. The lowest BCUT2D eigenvalue weighted by Crippen LogP contribution is -2.16. The van der Waals surface area contributed by atoms with Crippen LogP contribution in [0.5, 0.6) is 5.75 Å². The molecule has 3 aromatic rings. The summed E-state index contributed by atoms with van der Waals surface area (Å²) in [5.41, 5.74) is 4.55. The molecule has 7 nitrogen and oxygen atoms in total. The molecule has 27 heavy (non-hydrogen) atoms. The van der Waals surface area contributed by atoms with E-state index >= 15 is 0 Å². The molecule has 142 valence electrons. The standard InChI is InChI=1S/C20H25N5O2/c1-14-8-10-24(22-14)11-9-19(26)21-20-15(2)23-25(16(20)3)13-17-6-5-7-18(12-17)27-4/h5-8,10,12H,9,11,13H2,1-4H3,(H,21,26). The van der Waals surface area contributed by atoms with Crippen LogP contribution in [0.4, 0.5) is 5.69 Å². The van der Waals surface area contributed by atoms with Crippen LogP contribution in [0.15, 0.2) is 36.5 Å². The number of hydrogen-bond donors (Lipinski definition) is 1. The van der Waals surface area contributed by atoms with Crippen molar-refractivity contribution in [1.29, 1.82) is 0 Å². The number of aromatic nitrogens is 4. The number of carbonyl (C=O) groups is 1. The molecule has 1 amide bonds. The Labute approximate surface area is 159 Å². The van der Waals surface area contributed by atoms with Gasteiger partial charge in [-0.3, -0.25) is 14.2 Å². The lowest BCUT2D eigenvalue weighted by Gasteiger charge is -2.08. The topological polar surface area (TPSA) is 74.0 Å². The summed E-state index contributed by atoms with van der Waals surface area (Å²) in [5.74, 6) is 0.770. The summed E-state index contributed by atoms with van der Waals surface area (Å²) in [6.45, 7) is 6.97. The van der Waals surface area contributed by atoms with Gasteiger partial charge in [0.05, 0.1) is 36.4 Å². The van der Waals surface area contributed by atoms with Gasteiger partial charge in [-0.05, 0) is 44.5 Å². The first-order valence-corrected chi connectivity index (χ1v) is 8.93. The monoisotopic (exact) mass is 367 g/mol. The predicted octanol–water partition coefficient (Wildman–Crippen LogP) is 3.09. The molecule has 0 unspecified atom stereocenters. The van der Waals surface area contributed by atoms with Gasteiger partial charge >= 0.3 is 0 Å². The minimum atomic E-state index is -0.0460. The first kappa shape index (κ1) is 18.7.